The predicted molar refractivity (Wildman–Crippen MR) is 510 cm³/mol. The number of anilines is 3. The molecule has 7 aliphatic rings. The molecule has 15 rings (SSSR count). The summed E-state index contributed by atoms with van der Waals surface area (Å²) in [5, 5.41) is 0. The van der Waals surface area contributed by atoms with Gasteiger partial charge in [0, 0.05) is 123 Å². The maximum absolute atomic E-state index is 15.1. The van der Waals surface area contributed by atoms with Crippen molar-refractivity contribution in [2.24, 2.45) is 0 Å². The van der Waals surface area contributed by atoms with Crippen LogP contribution in [0.1, 0.15) is 129 Å². The van der Waals surface area contributed by atoms with Gasteiger partial charge in [-0.05, 0) is 48.0 Å². The zero-order chi connectivity index (χ0) is 107. The van der Waals surface area contributed by atoms with Crippen molar-refractivity contribution in [3.05, 3.63) is 188 Å². The highest BCUT2D eigenvalue weighted by Gasteiger charge is 2.53. The third kappa shape index (κ3) is 27.7. The van der Waals surface area contributed by atoms with E-state index in [-0.39, 0.29) is 75.9 Å². The molecule has 10 N–H and O–H groups in total. The highest BCUT2D eigenvalue weighted by molar-refractivity contribution is 8.32. The molecule has 0 saturated carbocycles. The summed E-state index contributed by atoms with van der Waals surface area (Å²) in [7, 11) is -9.04. The molecule has 7 aliphatic heterocycles. The molecule has 8 aromatic rings. The second-order valence-electron chi connectivity index (χ2n) is 34.5. The number of rotatable bonds is 45. The summed E-state index contributed by atoms with van der Waals surface area (Å²) >= 11 is 27.4. The maximum Gasteiger partial charge on any atom is 0.351 e. The Balaban J connectivity index is 0.650. The Bertz CT molecular complexity index is 7300. The molecule has 7 fully saturated rings. The quantitative estimate of drug-likeness (QED) is 0.0111. The fourth-order valence-corrected chi connectivity index (χ4v) is 25.7. The van der Waals surface area contributed by atoms with E-state index in [0.717, 1.165) is 61.1 Å². The van der Waals surface area contributed by atoms with E-state index in [2.05, 4.69) is 49.4 Å². The molecule has 148 heavy (non-hydrogen) atoms. The fraction of sp³-hybridized carbons (Fsp3) is 0.613. The number of hydrogen-bond donors (Lipinski definition) is 7. The molecule has 61 nitrogen and oxygen atoms in total. The van der Waals surface area contributed by atoms with E-state index in [1.807, 2.05) is 0 Å². The minimum absolute atomic E-state index is 0.0105. The van der Waals surface area contributed by atoms with E-state index in [9.17, 15) is 81.2 Å². The number of nitrogens with one attached hydrogen (secondary N) is 4. The first-order valence-electron chi connectivity index (χ1n) is 44.5. The van der Waals surface area contributed by atoms with Crippen LogP contribution in [0.25, 0.3) is 11.2 Å². The average molecular weight is 2310 g/mol. The average Bonchev–Trinajstić information content (AvgIpc) is 1.62. The van der Waals surface area contributed by atoms with Gasteiger partial charge in [0.2, 0.25) is 0 Å². The van der Waals surface area contributed by atoms with Crippen molar-refractivity contribution in [3.63, 3.8) is 0 Å². The predicted octanol–water partition coefficient (Wildman–Crippen LogP) is -3.42. The highest BCUT2D eigenvalue weighted by Crippen LogP contribution is 2.57. The molecule has 29 atom stereocenters. The maximum atomic E-state index is 15.1. The SMILES string of the molecule is CC[C@H]1O[C@@H](n2cc(C)c(N)nc2=O)CC1OP([O-])(=S)OC[C@H]1O[C@@H](n2cc(C)c(=O)[nH]c2=O)CC1OP(=O)([S-])OC[C@H]1O[C@@H](n2cc(C)c(=O)[nH]c2=O)CC1OP([O-])(=S)OC[C@H]1O[C@@H](n2cc(C)c(=O)[nH]c2=O)CC1OP([O-])(=S)OC[C@H]1O[C@@H](n2cnc3c(N)ncnc32)CC1OP([O-])(=S)OC[C@H]1O[C@@H](n2cc(C)c(=O)[nH]c2=O)[C@@H](OCCOC)C1OP(=O)([O-])OC[C@H]1O[C@@H](n2cc(C)c(N)nc2=O)CC1OP(=O)([O-])OC. The van der Waals surface area contributed by atoms with Gasteiger partial charge in [0.15, 0.2) is 24.5 Å². The Labute approximate surface area is 858 Å². The number of nitrogens with two attached hydrogens (primary N) is 3. The van der Waals surface area contributed by atoms with Crippen molar-refractivity contribution >= 4 is 137 Å². The van der Waals surface area contributed by atoms with Crippen molar-refractivity contribution in [1.82, 2.24) is 76.8 Å². The number of hydrogen-bond acceptors (Lipinski definition) is 55. The number of H-pyrrole nitrogens is 4. The van der Waals surface area contributed by atoms with E-state index >= 15 is 9.79 Å². The van der Waals surface area contributed by atoms with Gasteiger partial charge in [-0.1, -0.05) is 54.2 Å². The molecular formula is C75H97N19O42P7S5-7. The first-order chi connectivity index (χ1) is 69.5. The van der Waals surface area contributed by atoms with Crippen molar-refractivity contribution in [1.29, 1.82) is 0 Å². The molecule has 14 unspecified atom stereocenters. The Kier molecular flexibility index (Phi) is 36.4. The van der Waals surface area contributed by atoms with Gasteiger partial charge in [0.1, 0.15) is 137 Å². The third-order valence-corrected chi connectivity index (χ3v) is 34.1. The van der Waals surface area contributed by atoms with Crippen LogP contribution in [-0.2, 0) is 179 Å². The Hall–Kier alpha value is -7.09. The zero-order valence-corrected chi connectivity index (χ0v) is 89.2. The Morgan fingerprint density at radius 3 is 1.13 bits per heavy atom. The summed E-state index contributed by atoms with van der Waals surface area (Å²) in [6.45, 7) is -21.4. The van der Waals surface area contributed by atoms with Crippen LogP contribution in [0.4, 0.5) is 17.5 Å². The smallest absolute Gasteiger partial charge is 0.351 e. The van der Waals surface area contributed by atoms with Crippen LogP contribution in [-0.4, -0.2) is 235 Å². The van der Waals surface area contributed by atoms with Gasteiger partial charge in [-0.15, -0.1) is 0 Å². The van der Waals surface area contributed by atoms with Crippen LogP contribution in [0.15, 0.2) is 97.8 Å². The number of nitrogen functional groups attached to an aromatic ring is 3. The summed E-state index contributed by atoms with van der Waals surface area (Å²) < 4.78 is 183. The van der Waals surface area contributed by atoms with Crippen LogP contribution in [0.3, 0.4) is 0 Å². The number of aryl methyl sites for hydroxylation is 6. The second-order valence-corrected chi connectivity index (χ2v) is 50.9. The minimum Gasteiger partial charge on any atom is -0.780 e. The van der Waals surface area contributed by atoms with E-state index in [1.54, 1.807) is 13.8 Å². The zero-order valence-electron chi connectivity index (χ0n) is 78.8. The van der Waals surface area contributed by atoms with Crippen LogP contribution in [0.2, 0.25) is 0 Å². The lowest BCUT2D eigenvalue weighted by Gasteiger charge is -2.36. The number of phosphoric ester groups is 2. The largest absolute Gasteiger partial charge is 0.780 e. The molecule has 0 spiro atoms. The number of nitrogens with zero attached hydrogens (tertiary/aromatic N) is 12. The van der Waals surface area contributed by atoms with Crippen LogP contribution < -0.4 is 103 Å². The number of aromatic amines is 4. The van der Waals surface area contributed by atoms with E-state index in [1.165, 1.54) is 69.6 Å². The van der Waals surface area contributed by atoms with E-state index in [0.29, 0.717) is 5.56 Å². The third-order valence-electron chi connectivity index (χ3n) is 24.3. The lowest BCUT2D eigenvalue weighted by molar-refractivity contribution is -0.239. The van der Waals surface area contributed by atoms with Crippen LogP contribution in [0.5, 0.6) is 0 Å². The molecule has 0 radical (unpaired) electrons. The molecule has 0 amide bonds. The van der Waals surface area contributed by atoms with Crippen molar-refractivity contribution < 1.29 is 149 Å². The first kappa shape index (κ1) is 115. The molecule has 15 heterocycles. The molecule has 0 bridgehead atoms. The topological polar surface area (TPSA) is 813 Å². The minimum atomic E-state index is -5.93. The molecule has 0 aromatic carbocycles. The number of fused-ring (bicyclic) bond motifs is 1. The van der Waals surface area contributed by atoms with Gasteiger partial charge >= 0.3 is 34.1 Å². The Morgan fingerprint density at radius 1 is 0.392 bits per heavy atom. The lowest BCUT2D eigenvalue weighted by Crippen LogP contribution is -2.42. The number of imidazole rings is 1. The van der Waals surface area contributed by atoms with Gasteiger partial charge in [-0.2, -0.15) is 9.97 Å². The summed E-state index contributed by atoms with van der Waals surface area (Å²) in [4.78, 5) is 246. The van der Waals surface area contributed by atoms with Gasteiger partial charge < -0.3 is 165 Å². The van der Waals surface area contributed by atoms with Crippen LogP contribution in [0, 0.1) is 41.5 Å². The summed E-state index contributed by atoms with van der Waals surface area (Å²) in [6, 6.07) is 0. The monoisotopic (exact) mass is 2310 g/mol. The lowest BCUT2D eigenvalue weighted by atomic mass is 10.1. The number of phosphoric acid groups is 2. The van der Waals surface area contributed by atoms with Gasteiger partial charge in [0.25, 0.3) is 37.9 Å². The van der Waals surface area contributed by atoms with E-state index < -0.39 is 319 Å². The van der Waals surface area contributed by atoms with Gasteiger partial charge in [-0.25, -0.2) is 43.7 Å². The van der Waals surface area contributed by atoms with Crippen LogP contribution >= 0.6 is 49.3 Å². The number of aromatic nitrogens is 16. The second kappa shape index (κ2) is 46.9. The fourth-order valence-electron chi connectivity index (χ4n) is 16.8. The van der Waals surface area contributed by atoms with Gasteiger partial charge in [-0.3, -0.25) is 84.8 Å². The summed E-state index contributed by atoms with van der Waals surface area (Å²) in [5.41, 5.74) is 9.53. The molecule has 7 saturated heterocycles. The Morgan fingerprint density at radius 2 is 0.730 bits per heavy atom. The summed E-state index contributed by atoms with van der Waals surface area (Å²) in [6.07, 6.45) is -26.5. The number of ether oxygens (including phenoxy) is 9. The standard InChI is InChI=1S/C75H104N19O42P7S5/c1-10-39-40(13-52(123-39)88-19-33(2)61(76)82-70(88)99)131-139(109,144)118-26-47-42(15-54(125-47)90-21-35(4)65(95)84-72(90)101)132-140(110,145)119-27-48-43(16-55(126-48)91-22-36(5)66(96)85-73(91)102)133-141(111,146)120-28-49-44(17-56(127-49)92-23-37(6)67(97)86-74(92)103)134-142(112,147)121-29-50-45(18-57(128-50)94-32-81-58-63(78)79-31-80-64(58)94)135-143(113,148)122-30-51-59(60(116-12-11-114-8)69(129-51)93-24-38(7)68(98)87-75(93)104)136-138(107,108)117-25-46-41(130-137(105,106)115-9)14-53(124-46)89-20-34(3)62(77)83-71(89)100/h19-24,31-32,39-57,59-60,69H,10-18,25-30H2,1-9H3,(H,105,106)(H,107,108)(H,109,144)(H,110,145)(H,111,146)(H,112,147)(H,113,148)(H2,76,82,99)(H2,77,83,100)(H2,78,79,80)(H,84,95,101)(H,85,96,102)(H,86,97,103)(H,87,98,104)/p-7/t39-,40?,41?,42?,43?,44?,45?,46-,47-,48-,49-,50-,51-,52-,53-,54-,55-,56-,57-,59?,60+,69-,139?,140?,141?,142?,143?/m1/s1. The molecule has 73 heteroatoms. The van der Waals surface area contributed by atoms with Crippen molar-refractivity contribution in [2.45, 2.75) is 229 Å². The highest BCUT2D eigenvalue weighted by atomic mass is 32.7. The van der Waals surface area contributed by atoms with Crippen molar-refractivity contribution in [2.75, 3.05) is 84.3 Å². The molecule has 8 aromatic heterocycles. The molecule has 0 aliphatic carbocycles. The summed E-state index contributed by atoms with van der Waals surface area (Å²) in [5.74, 6) is -0.250. The van der Waals surface area contributed by atoms with E-state index in [4.69, 9.17) is 178 Å². The normalized spacial score (nSPS) is 29.6. The number of methoxy groups -OCH3 is 1. The molecular weight excluding hydrogens is 2220 g/mol. The van der Waals surface area contributed by atoms with Crippen molar-refractivity contribution in [3.8, 4) is 0 Å². The van der Waals surface area contributed by atoms with Gasteiger partial charge in [0.05, 0.1) is 102 Å². The molecule has 816 valence electrons. The first-order valence-corrected chi connectivity index (χ1v) is 60.2.